The Balaban J connectivity index is 0.000000447. The lowest BCUT2D eigenvalue weighted by Gasteiger charge is -2.23. The van der Waals surface area contributed by atoms with E-state index in [9.17, 15) is 14.7 Å². The molecule has 0 amide bonds. The number of carboxylic acid groups (broad SMARTS) is 2. The number of aliphatic carboxylic acids is 2. The van der Waals surface area contributed by atoms with Gasteiger partial charge in [-0.1, -0.05) is 0 Å². The van der Waals surface area contributed by atoms with Crippen molar-refractivity contribution in [3.8, 4) is 11.6 Å². The molecule has 0 saturated heterocycles. The number of aromatic nitrogens is 2. The van der Waals surface area contributed by atoms with Crippen molar-refractivity contribution in [1.29, 1.82) is 0 Å². The molecule has 158 valence electrons. The number of hydrogen-bond acceptors (Lipinski definition) is 6. The van der Waals surface area contributed by atoms with Crippen LogP contribution in [0.1, 0.15) is 20.8 Å². The van der Waals surface area contributed by atoms with Gasteiger partial charge < -0.3 is 29.9 Å². The van der Waals surface area contributed by atoms with Crippen molar-refractivity contribution in [2.24, 2.45) is 0 Å². The van der Waals surface area contributed by atoms with E-state index in [1.165, 1.54) is 0 Å². The third-order valence-corrected chi connectivity index (χ3v) is 3.28. The van der Waals surface area contributed by atoms with Crippen LogP contribution in [0.3, 0.4) is 0 Å². The summed E-state index contributed by atoms with van der Waals surface area (Å²) in [6, 6.07) is 7.68. The zero-order valence-corrected chi connectivity index (χ0v) is 16.6. The molecule has 4 N–H and O–H groups in total. The van der Waals surface area contributed by atoms with Crippen LogP contribution in [-0.4, -0.2) is 61.6 Å². The van der Waals surface area contributed by atoms with E-state index in [1.807, 2.05) is 41.2 Å². The van der Waals surface area contributed by atoms with E-state index < -0.39 is 18.0 Å². The molecule has 1 atom stereocenters. The van der Waals surface area contributed by atoms with Gasteiger partial charge in [-0.3, -0.25) is 0 Å². The van der Waals surface area contributed by atoms with Crippen LogP contribution in [0.25, 0.3) is 5.69 Å². The predicted octanol–water partition coefficient (Wildman–Crippen LogP) is 1.71. The SMILES string of the molecule is CC(C)(C)NCC(O)COc1ncccc1-n1cccc1.O=C(O)/C=C\C(=O)O. The lowest BCUT2D eigenvalue weighted by atomic mass is 10.1. The first kappa shape index (κ1) is 23.9. The molecule has 0 saturated carbocycles. The molecule has 0 radical (unpaired) electrons. The number of ether oxygens (including phenoxy) is 1. The Hall–Kier alpha value is -3.17. The van der Waals surface area contributed by atoms with Gasteiger partial charge in [0.2, 0.25) is 5.88 Å². The Kier molecular flexibility index (Phi) is 9.57. The zero-order valence-electron chi connectivity index (χ0n) is 16.6. The molecule has 29 heavy (non-hydrogen) atoms. The average Bonchev–Trinajstić information content (AvgIpc) is 3.18. The first-order valence-corrected chi connectivity index (χ1v) is 8.86. The van der Waals surface area contributed by atoms with Gasteiger partial charge >= 0.3 is 11.9 Å². The Morgan fingerprint density at radius 2 is 1.76 bits per heavy atom. The van der Waals surface area contributed by atoms with Gasteiger partial charge in [-0.2, -0.15) is 0 Å². The van der Waals surface area contributed by atoms with Gasteiger partial charge in [-0.25, -0.2) is 14.6 Å². The van der Waals surface area contributed by atoms with Crippen molar-refractivity contribution in [2.75, 3.05) is 13.2 Å². The molecule has 0 aromatic carbocycles. The summed E-state index contributed by atoms with van der Waals surface area (Å²) >= 11 is 0. The number of β-amino-alcohol motifs (C(OH)–C–C–N with tert-alkyl or cyclic N) is 1. The molecule has 2 aromatic rings. The van der Waals surface area contributed by atoms with E-state index in [1.54, 1.807) is 6.20 Å². The van der Waals surface area contributed by atoms with Crippen LogP contribution < -0.4 is 10.1 Å². The van der Waals surface area contributed by atoms with Crippen LogP contribution in [0.2, 0.25) is 0 Å². The number of carbonyl (C=O) groups is 2. The van der Waals surface area contributed by atoms with Crippen molar-refractivity contribution in [2.45, 2.75) is 32.4 Å². The quantitative estimate of drug-likeness (QED) is 0.488. The summed E-state index contributed by atoms with van der Waals surface area (Å²) in [5.74, 6) is -2.00. The van der Waals surface area contributed by atoms with Crippen LogP contribution in [0, 0.1) is 0 Å². The second kappa shape index (κ2) is 11.6. The molecule has 2 rings (SSSR count). The fourth-order valence-corrected chi connectivity index (χ4v) is 1.99. The lowest BCUT2D eigenvalue weighted by Crippen LogP contribution is -2.42. The first-order chi connectivity index (χ1) is 13.6. The molecule has 0 spiro atoms. The van der Waals surface area contributed by atoms with Crippen molar-refractivity contribution in [3.63, 3.8) is 0 Å². The number of hydrogen-bond donors (Lipinski definition) is 4. The summed E-state index contributed by atoms with van der Waals surface area (Å²) in [7, 11) is 0. The standard InChI is InChI=1S/C16H23N3O2.C4H4O4/c1-16(2,3)18-11-13(20)12-21-15-14(7-6-8-17-15)19-9-4-5-10-19;5-3(6)1-2-4(7)8/h4-10,13,18,20H,11-12H2,1-3H3;1-2H,(H,5,6)(H,7,8)/b;2-1-. The van der Waals surface area contributed by atoms with Crippen molar-refractivity contribution >= 4 is 11.9 Å². The van der Waals surface area contributed by atoms with Crippen LogP contribution in [-0.2, 0) is 9.59 Å². The number of rotatable bonds is 8. The number of carboxylic acids is 2. The molecule has 2 aromatic heterocycles. The third kappa shape index (κ3) is 10.7. The van der Waals surface area contributed by atoms with Gasteiger partial charge in [0, 0.05) is 42.8 Å². The highest BCUT2D eigenvalue weighted by atomic mass is 16.5. The smallest absolute Gasteiger partial charge is 0.328 e. The number of nitrogens with one attached hydrogen (secondary N) is 1. The normalized spacial score (nSPS) is 12.1. The minimum atomic E-state index is -1.26. The molecular formula is C20H27N3O6. The number of nitrogens with zero attached hydrogens (tertiary/aromatic N) is 2. The summed E-state index contributed by atoms with van der Waals surface area (Å²) < 4.78 is 7.60. The Bertz CT molecular complexity index is 781. The van der Waals surface area contributed by atoms with Gasteiger partial charge in [-0.15, -0.1) is 0 Å². The molecule has 0 bridgehead atoms. The first-order valence-electron chi connectivity index (χ1n) is 8.86. The molecule has 0 aliphatic carbocycles. The van der Waals surface area contributed by atoms with E-state index in [0.717, 1.165) is 5.69 Å². The van der Waals surface area contributed by atoms with E-state index in [2.05, 4.69) is 31.1 Å². The summed E-state index contributed by atoms with van der Waals surface area (Å²) in [4.78, 5) is 23.3. The van der Waals surface area contributed by atoms with E-state index in [-0.39, 0.29) is 12.1 Å². The molecule has 1 unspecified atom stereocenters. The Labute approximate surface area is 169 Å². The summed E-state index contributed by atoms with van der Waals surface area (Å²) in [5, 5.41) is 28.8. The van der Waals surface area contributed by atoms with Crippen LogP contribution in [0.4, 0.5) is 0 Å². The maximum atomic E-state index is 9.97. The fourth-order valence-electron chi connectivity index (χ4n) is 1.99. The fraction of sp³-hybridized carbons (Fsp3) is 0.350. The van der Waals surface area contributed by atoms with Crippen LogP contribution in [0.5, 0.6) is 5.88 Å². The molecular weight excluding hydrogens is 378 g/mol. The molecule has 0 aliphatic heterocycles. The van der Waals surface area contributed by atoms with Crippen molar-refractivity contribution in [3.05, 3.63) is 55.0 Å². The summed E-state index contributed by atoms with van der Waals surface area (Å²) in [6.45, 7) is 6.86. The van der Waals surface area contributed by atoms with Crippen molar-refractivity contribution < 1.29 is 29.6 Å². The molecule has 2 heterocycles. The second-order valence-electron chi connectivity index (χ2n) is 7.02. The third-order valence-electron chi connectivity index (χ3n) is 3.28. The highest BCUT2D eigenvalue weighted by Gasteiger charge is 2.14. The minimum Gasteiger partial charge on any atom is -0.478 e. The maximum Gasteiger partial charge on any atom is 0.328 e. The molecule has 0 aliphatic rings. The van der Waals surface area contributed by atoms with E-state index in [4.69, 9.17) is 14.9 Å². The van der Waals surface area contributed by atoms with E-state index >= 15 is 0 Å². The van der Waals surface area contributed by atoms with Crippen molar-refractivity contribution in [1.82, 2.24) is 14.9 Å². The van der Waals surface area contributed by atoms with Crippen LogP contribution >= 0.6 is 0 Å². The monoisotopic (exact) mass is 405 g/mol. The minimum absolute atomic E-state index is 0.0255. The van der Waals surface area contributed by atoms with Gasteiger partial charge in [0.1, 0.15) is 18.4 Å². The molecule has 9 heteroatoms. The zero-order chi connectivity index (χ0) is 21.9. The highest BCUT2D eigenvalue weighted by molar-refractivity contribution is 5.89. The average molecular weight is 405 g/mol. The second-order valence-corrected chi connectivity index (χ2v) is 7.02. The molecule has 9 nitrogen and oxygen atoms in total. The predicted molar refractivity (Wildman–Crippen MR) is 107 cm³/mol. The highest BCUT2D eigenvalue weighted by Crippen LogP contribution is 2.19. The number of pyridine rings is 1. The summed E-state index contributed by atoms with van der Waals surface area (Å²) in [6.07, 6.45) is 6.08. The maximum absolute atomic E-state index is 9.97. The van der Waals surface area contributed by atoms with Gasteiger partial charge in [-0.05, 0) is 45.0 Å². The van der Waals surface area contributed by atoms with Gasteiger partial charge in [0.05, 0.1) is 0 Å². The van der Waals surface area contributed by atoms with Gasteiger partial charge in [0.25, 0.3) is 0 Å². The molecule has 0 fully saturated rings. The Morgan fingerprint density at radius 1 is 1.17 bits per heavy atom. The number of aliphatic hydroxyl groups excluding tert-OH is 1. The van der Waals surface area contributed by atoms with Gasteiger partial charge in [0.15, 0.2) is 0 Å². The largest absolute Gasteiger partial charge is 0.478 e. The topological polar surface area (TPSA) is 134 Å². The van der Waals surface area contributed by atoms with E-state index in [0.29, 0.717) is 24.6 Å². The van der Waals surface area contributed by atoms with Crippen LogP contribution in [0.15, 0.2) is 55.0 Å². The summed E-state index contributed by atoms with van der Waals surface area (Å²) in [5.41, 5.74) is 0.834. The lowest BCUT2D eigenvalue weighted by molar-refractivity contribution is -0.134. The number of aliphatic hydroxyl groups is 1. The Morgan fingerprint density at radius 3 is 2.28 bits per heavy atom.